The van der Waals surface area contributed by atoms with Gasteiger partial charge in [-0.15, -0.1) is 6.58 Å². The van der Waals surface area contributed by atoms with Crippen molar-refractivity contribution in [3.63, 3.8) is 0 Å². The molecule has 1 atom stereocenters. The van der Waals surface area contributed by atoms with Crippen LogP contribution in [0.5, 0.6) is 0 Å². The normalized spacial score (nSPS) is 21.4. The topological polar surface area (TPSA) is 15.3 Å². The standard InChI is InChI=1S/C13H18N2/c1-3-12-10-14-8-9-15(12)13-7-5-4-6-11(13)2/h3-7,12,14H,1,8-10H2,2H3/t12-/m0/s1. The zero-order chi connectivity index (χ0) is 10.7. The van der Waals surface area contributed by atoms with Crippen LogP contribution >= 0.6 is 0 Å². The fourth-order valence-electron chi connectivity index (χ4n) is 2.12. The highest BCUT2D eigenvalue weighted by Crippen LogP contribution is 2.22. The van der Waals surface area contributed by atoms with Gasteiger partial charge in [0.05, 0.1) is 6.04 Å². The van der Waals surface area contributed by atoms with Crippen molar-refractivity contribution < 1.29 is 0 Å². The number of hydrogen-bond acceptors (Lipinski definition) is 2. The first-order valence-corrected chi connectivity index (χ1v) is 5.48. The summed E-state index contributed by atoms with van der Waals surface area (Å²) in [6, 6.07) is 8.96. The third-order valence-corrected chi connectivity index (χ3v) is 2.98. The van der Waals surface area contributed by atoms with Crippen LogP contribution in [0.25, 0.3) is 0 Å². The van der Waals surface area contributed by atoms with Gasteiger partial charge in [-0.3, -0.25) is 0 Å². The molecule has 0 unspecified atom stereocenters. The summed E-state index contributed by atoms with van der Waals surface area (Å²) in [5.41, 5.74) is 2.68. The maximum Gasteiger partial charge on any atom is 0.0595 e. The Balaban J connectivity index is 2.28. The quantitative estimate of drug-likeness (QED) is 0.737. The predicted molar refractivity (Wildman–Crippen MR) is 65.4 cm³/mol. The zero-order valence-electron chi connectivity index (χ0n) is 9.24. The van der Waals surface area contributed by atoms with Crippen LogP contribution < -0.4 is 10.2 Å². The van der Waals surface area contributed by atoms with Crippen LogP contribution in [0, 0.1) is 6.92 Å². The van der Waals surface area contributed by atoms with Gasteiger partial charge in [0.2, 0.25) is 0 Å². The fraction of sp³-hybridized carbons (Fsp3) is 0.385. The number of nitrogens with one attached hydrogen (secondary N) is 1. The summed E-state index contributed by atoms with van der Waals surface area (Å²) in [5.74, 6) is 0. The molecule has 1 aliphatic rings. The smallest absolute Gasteiger partial charge is 0.0595 e. The lowest BCUT2D eigenvalue weighted by molar-refractivity contribution is 0.529. The predicted octanol–water partition coefficient (Wildman–Crippen LogP) is 1.96. The van der Waals surface area contributed by atoms with E-state index < -0.39 is 0 Å². The molecule has 1 fully saturated rings. The van der Waals surface area contributed by atoms with Crippen LogP contribution in [-0.2, 0) is 0 Å². The lowest BCUT2D eigenvalue weighted by atomic mass is 10.1. The van der Waals surface area contributed by atoms with Gasteiger partial charge in [0.15, 0.2) is 0 Å². The van der Waals surface area contributed by atoms with E-state index in [1.54, 1.807) is 0 Å². The Kier molecular flexibility index (Phi) is 3.07. The minimum Gasteiger partial charge on any atom is -0.362 e. The minimum absolute atomic E-state index is 0.417. The maximum atomic E-state index is 3.91. The molecule has 2 heteroatoms. The van der Waals surface area contributed by atoms with Crippen LogP contribution in [0.4, 0.5) is 5.69 Å². The van der Waals surface area contributed by atoms with Gasteiger partial charge in [-0.25, -0.2) is 0 Å². The second-order valence-electron chi connectivity index (χ2n) is 3.99. The Hall–Kier alpha value is -1.28. The molecule has 0 spiro atoms. The summed E-state index contributed by atoms with van der Waals surface area (Å²) in [6.45, 7) is 9.18. The minimum atomic E-state index is 0.417. The summed E-state index contributed by atoms with van der Waals surface area (Å²) in [7, 11) is 0. The highest BCUT2D eigenvalue weighted by molar-refractivity contribution is 5.55. The lowest BCUT2D eigenvalue weighted by Crippen LogP contribution is -2.50. The zero-order valence-corrected chi connectivity index (χ0v) is 9.24. The number of nitrogens with zero attached hydrogens (tertiary/aromatic N) is 1. The first-order valence-electron chi connectivity index (χ1n) is 5.48. The molecule has 1 N–H and O–H groups in total. The number of aryl methyl sites for hydroxylation is 1. The Morgan fingerprint density at radius 3 is 3.00 bits per heavy atom. The van der Waals surface area contributed by atoms with Gasteiger partial charge in [0.25, 0.3) is 0 Å². The van der Waals surface area contributed by atoms with Crippen molar-refractivity contribution >= 4 is 5.69 Å². The summed E-state index contributed by atoms with van der Waals surface area (Å²) in [5, 5.41) is 3.39. The molecule has 0 saturated carbocycles. The molecule has 0 radical (unpaired) electrons. The Bertz CT molecular complexity index is 346. The van der Waals surface area contributed by atoms with Gasteiger partial charge in [-0.2, -0.15) is 0 Å². The van der Waals surface area contributed by atoms with Crippen LogP contribution in [0.15, 0.2) is 36.9 Å². The largest absolute Gasteiger partial charge is 0.362 e. The maximum absolute atomic E-state index is 3.91. The first-order chi connectivity index (χ1) is 7.33. The molecule has 2 nitrogen and oxygen atoms in total. The van der Waals surface area contributed by atoms with Crippen molar-refractivity contribution in [3.05, 3.63) is 42.5 Å². The summed E-state index contributed by atoms with van der Waals surface area (Å²) < 4.78 is 0. The third kappa shape index (κ3) is 2.05. The van der Waals surface area contributed by atoms with Crippen molar-refractivity contribution in [1.29, 1.82) is 0 Å². The molecule has 15 heavy (non-hydrogen) atoms. The third-order valence-electron chi connectivity index (χ3n) is 2.98. The van der Waals surface area contributed by atoms with Crippen LogP contribution in [-0.4, -0.2) is 25.7 Å². The van der Waals surface area contributed by atoms with E-state index in [1.165, 1.54) is 11.3 Å². The fourth-order valence-corrected chi connectivity index (χ4v) is 2.12. The van der Waals surface area contributed by atoms with E-state index >= 15 is 0 Å². The highest BCUT2D eigenvalue weighted by Gasteiger charge is 2.20. The molecule has 1 saturated heterocycles. The van der Waals surface area contributed by atoms with Gasteiger partial charge in [0, 0.05) is 25.3 Å². The van der Waals surface area contributed by atoms with E-state index in [-0.39, 0.29) is 0 Å². The number of para-hydroxylation sites is 1. The molecular weight excluding hydrogens is 184 g/mol. The second kappa shape index (κ2) is 4.49. The molecule has 0 aliphatic carbocycles. The van der Waals surface area contributed by atoms with E-state index in [0.29, 0.717) is 6.04 Å². The van der Waals surface area contributed by atoms with E-state index in [0.717, 1.165) is 19.6 Å². The van der Waals surface area contributed by atoms with Crippen molar-refractivity contribution in [2.45, 2.75) is 13.0 Å². The Morgan fingerprint density at radius 2 is 2.27 bits per heavy atom. The van der Waals surface area contributed by atoms with Crippen molar-refractivity contribution in [1.82, 2.24) is 5.32 Å². The van der Waals surface area contributed by atoms with E-state index in [4.69, 9.17) is 0 Å². The Morgan fingerprint density at radius 1 is 1.47 bits per heavy atom. The average molecular weight is 202 g/mol. The van der Waals surface area contributed by atoms with E-state index in [9.17, 15) is 0 Å². The molecule has 1 heterocycles. The molecule has 1 aromatic carbocycles. The second-order valence-corrected chi connectivity index (χ2v) is 3.99. The SMILES string of the molecule is C=C[C@H]1CNCCN1c1ccccc1C. The van der Waals surface area contributed by atoms with Gasteiger partial charge in [-0.05, 0) is 18.6 Å². The molecule has 80 valence electrons. The number of rotatable bonds is 2. The molecule has 1 aliphatic heterocycles. The molecule has 1 aromatic rings. The van der Waals surface area contributed by atoms with Gasteiger partial charge >= 0.3 is 0 Å². The van der Waals surface area contributed by atoms with E-state index in [2.05, 4.69) is 48.0 Å². The summed E-state index contributed by atoms with van der Waals surface area (Å²) in [4.78, 5) is 2.43. The highest BCUT2D eigenvalue weighted by atomic mass is 15.2. The number of piperazine rings is 1. The molecular formula is C13H18N2. The first kappa shape index (κ1) is 10.2. The van der Waals surface area contributed by atoms with Crippen LogP contribution in [0.3, 0.4) is 0 Å². The molecule has 0 aromatic heterocycles. The Labute approximate surface area is 91.6 Å². The van der Waals surface area contributed by atoms with Crippen molar-refractivity contribution in [3.8, 4) is 0 Å². The molecule has 0 amide bonds. The van der Waals surface area contributed by atoms with Crippen LogP contribution in [0.1, 0.15) is 5.56 Å². The van der Waals surface area contributed by atoms with Gasteiger partial charge in [-0.1, -0.05) is 24.3 Å². The summed E-state index contributed by atoms with van der Waals surface area (Å²) in [6.07, 6.45) is 2.03. The van der Waals surface area contributed by atoms with Gasteiger partial charge < -0.3 is 10.2 Å². The number of benzene rings is 1. The van der Waals surface area contributed by atoms with Crippen molar-refractivity contribution in [2.24, 2.45) is 0 Å². The molecule has 2 rings (SSSR count). The number of hydrogen-bond donors (Lipinski definition) is 1. The number of anilines is 1. The van der Waals surface area contributed by atoms with E-state index in [1.807, 2.05) is 6.08 Å². The summed E-state index contributed by atoms with van der Waals surface area (Å²) >= 11 is 0. The average Bonchev–Trinajstić information content (AvgIpc) is 2.30. The lowest BCUT2D eigenvalue weighted by Gasteiger charge is -2.37. The monoisotopic (exact) mass is 202 g/mol. The van der Waals surface area contributed by atoms with Crippen molar-refractivity contribution in [2.75, 3.05) is 24.5 Å². The molecule has 0 bridgehead atoms. The van der Waals surface area contributed by atoms with Crippen LogP contribution in [0.2, 0.25) is 0 Å². The van der Waals surface area contributed by atoms with Gasteiger partial charge in [0.1, 0.15) is 0 Å².